The molecule has 19 heavy (non-hydrogen) atoms. The van der Waals surface area contributed by atoms with E-state index in [9.17, 15) is 5.11 Å². The number of benzene rings is 1. The molecule has 6 nitrogen and oxygen atoms in total. The summed E-state index contributed by atoms with van der Waals surface area (Å²) in [5.74, 6) is 0.118. The van der Waals surface area contributed by atoms with Gasteiger partial charge in [0.25, 0.3) is 0 Å². The number of aliphatic hydroxyl groups excluding tert-OH is 1. The average molecular weight is 272 g/mol. The number of rotatable bonds is 7. The van der Waals surface area contributed by atoms with Gasteiger partial charge in [0.1, 0.15) is 6.61 Å². The van der Waals surface area contributed by atoms with E-state index < -0.39 is 5.79 Å². The van der Waals surface area contributed by atoms with Crippen molar-refractivity contribution in [1.82, 2.24) is 0 Å². The fourth-order valence-corrected chi connectivity index (χ4v) is 1.84. The number of aliphatic hydroxyl groups is 1. The van der Waals surface area contributed by atoms with Gasteiger partial charge in [-0.05, 0) is 12.1 Å². The number of hydrogen-bond acceptors (Lipinski definition) is 6. The number of hydrogen-bond donors (Lipinski definition) is 1. The Labute approximate surface area is 112 Å². The molecular formula is C13H20O6. The number of ether oxygens (including phenoxy) is 5. The van der Waals surface area contributed by atoms with Gasteiger partial charge in [0.2, 0.25) is 11.5 Å². The lowest BCUT2D eigenvalue weighted by atomic mass is 10.0. The SMILES string of the molecule is COc1cc(C(CO)(OC)OC)cc(OC)c1OC. The second-order valence-electron chi connectivity index (χ2n) is 3.73. The molecular weight excluding hydrogens is 252 g/mol. The van der Waals surface area contributed by atoms with E-state index in [2.05, 4.69) is 0 Å². The van der Waals surface area contributed by atoms with Crippen LogP contribution in [0.1, 0.15) is 5.56 Å². The Balaban J connectivity index is 3.44. The summed E-state index contributed by atoms with van der Waals surface area (Å²) in [6.07, 6.45) is 0. The molecule has 0 fully saturated rings. The first-order valence-corrected chi connectivity index (χ1v) is 5.64. The minimum absolute atomic E-state index is 0.349. The molecule has 6 heteroatoms. The molecule has 0 bridgehead atoms. The van der Waals surface area contributed by atoms with Gasteiger partial charge in [-0.1, -0.05) is 0 Å². The second kappa shape index (κ2) is 6.60. The van der Waals surface area contributed by atoms with Gasteiger partial charge in [0.05, 0.1) is 21.3 Å². The maximum absolute atomic E-state index is 9.52. The molecule has 0 atom stereocenters. The summed E-state index contributed by atoms with van der Waals surface area (Å²) in [7, 11) is 7.44. The van der Waals surface area contributed by atoms with E-state index in [4.69, 9.17) is 23.7 Å². The van der Waals surface area contributed by atoms with Crippen molar-refractivity contribution in [1.29, 1.82) is 0 Å². The fraction of sp³-hybridized carbons (Fsp3) is 0.538. The second-order valence-corrected chi connectivity index (χ2v) is 3.73. The molecule has 0 saturated carbocycles. The van der Waals surface area contributed by atoms with Crippen molar-refractivity contribution in [3.8, 4) is 17.2 Å². The normalized spacial score (nSPS) is 11.3. The van der Waals surface area contributed by atoms with Crippen molar-refractivity contribution < 1.29 is 28.8 Å². The van der Waals surface area contributed by atoms with Crippen LogP contribution in [-0.2, 0) is 15.3 Å². The summed E-state index contributed by atoms with van der Waals surface area (Å²) < 4.78 is 26.3. The highest BCUT2D eigenvalue weighted by atomic mass is 16.7. The minimum Gasteiger partial charge on any atom is -0.493 e. The van der Waals surface area contributed by atoms with Crippen LogP contribution in [-0.4, -0.2) is 47.3 Å². The van der Waals surface area contributed by atoms with Gasteiger partial charge in [0, 0.05) is 19.8 Å². The Morgan fingerprint density at radius 1 is 0.895 bits per heavy atom. The molecule has 0 aliphatic rings. The van der Waals surface area contributed by atoms with E-state index >= 15 is 0 Å². The van der Waals surface area contributed by atoms with Crippen molar-refractivity contribution >= 4 is 0 Å². The Bertz CT molecular complexity index is 380. The summed E-state index contributed by atoms with van der Waals surface area (Å²) in [6.45, 7) is -0.349. The van der Waals surface area contributed by atoms with Crippen LogP contribution < -0.4 is 14.2 Å². The molecule has 0 unspecified atom stereocenters. The molecule has 1 rings (SSSR count). The largest absolute Gasteiger partial charge is 0.493 e. The van der Waals surface area contributed by atoms with Crippen LogP contribution in [0.25, 0.3) is 0 Å². The molecule has 1 aromatic carbocycles. The smallest absolute Gasteiger partial charge is 0.218 e. The zero-order valence-electron chi connectivity index (χ0n) is 11.9. The molecule has 108 valence electrons. The van der Waals surface area contributed by atoms with Crippen molar-refractivity contribution in [2.75, 3.05) is 42.2 Å². The molecule has 0 spiro atoms. The van der Waals surface area contributed by atoms with Gasteiger partial charge < -0.3 is 28.8 Å². The third-order valence-electron chi connectivity index (χ3n) is 2.97. The third-order valence-corrected chi connectivity index (χ3v) is 2.97. The minimum atomic E-state index is -1.27. The monoisotopic (exact) mass is 272 g/mol. The quantitative estimate of drug-likeness (QED) is 0.751. The highest BCUT2D eigenvalue weighted by molar-refractivity contribution is 5.54. The Kier molecular flexibility index (Phi) is 5.41. The van der Waals surface area contributed by atoms with E-state index in [1.54, 1.807) is 12.1 Å². The van der Waals surface area contributed by atoms with Gasteiger partial charge in [-0.15, -0.1) is 0 Å². The van der Waals surface area contributed by atoms with E-state index in [0.29, 0.717) is 22.8 Å². The molecule has 0 saturated heterocycles. The molecule has 0 aromatic heterocycles. The van der Waals surface area contributed by atoms with Crippen molar-refractivity contribution in [3.63, 3.8) is 0 Å². The zero-order valence-corrected chi connectivity index (χ0v) is 11.9. The molecule has 0 heterocycles. The van der Waals surface area contributed by atoms with Crippen LogP contribution in [0.15, 0.2) is 12.1 Å². The lowest BCUT2D eigenvalue weighted by molar-refractivity contribution is -0.236. The van der Waals surface area contributed by atoms with Crippen LogP contribution in [0.3, 0.4) is 0 Å². The maximum atomic E-state index is 9.52. The molecule has 1 N–H and O–H groups in total. The standard InChI is InChI=1S/C13H20O6/c1-15-10-6-9(13(8-14,18-4)19-5)7-11(16-2)12(10)17-3/h6-7,14H,8H2,1-5H3. The van der Waals surface area contributed by atoms with Crippen LogP contribution in [0.2, 0.25) is 0 Å². The Morgan fingerprint density at radius 2 is 1.37 bits per heavy atom. The van der Waals surface area contributed by atoms with Crippen molar-refractivity contribution in [2.24, 2.45) is 0 Å². The maximum Gasteiger partial charge on any atom is 0.218 e. The van der Waals surface area contributed by atoms with Gasteiger partial charge >= 0.3 is 0 Å². The van der Waals surface area contributed by atoms with E-state index in [1.807, 2.05) is 0 Å². The van der Waals surface area contributed by atoms with E-state index in [0.717, 1.165) is 0 Å². The van der Waals surface area contributed by atoms with Gasteiger partial charge in [-0.2, -0.15) is 0 Å². The van der Waals surface area contributed by atoms with Crippen LogP contribution in [0.5, 0.6) is 17.2 Å². The number of methoxy groups -OCH3 is 5. The molecule has 0 amide bonds. The molecule has 0 aliphatic heterocycles. The summed E-state index contributed by atoms with van der Waals surface area (Å²) >= 11 is 0. The first-order chi connectivity index (χ1) is 9.12. The van der Waals surface area contributed by atoms with E-state index in [1.165, 1.54) is 35.5 Å². The predicted octanol–water partition coefficient (Wildman–Crippen LogP) is 1.15. The first kappa shape index (κ1) is 15.6. The summed E-state index contributed by atoms with van der Waals surface area (Å²) in [4.78, 5) is 0. The molecule has 1 aromatic rings. The zero-order chi connectivity index (χ0) is 14.5. The average Bonchev–Trinajstić information content (AvgIpc) is 2.48. The molecule has 0 radical (unpaired) electrons. The van der Waals surface area contributed by atoms with E-state index in [-0.39, 0.29) is 6.61 Å². The van der Waals surface area contributed by atoms with Crippen LogP contribution in [0.4, 0.5) is 0 Å². The topological polar surface area (TPSA) is 66.4 Å². The lowest BCUT2D eigenvalue weighted by Gasteiger charge is -2.30. The van der Waals surface area contributed by atoms with Crippen molar-refractivity contribution in [3.05, 3.63) is 17.7 Å². The highest BCUT2D eigenvalue weighted by Crippen LogP contribution is 2.41. The third kappa shape index (κ3) is 2.75. The Morgan fingerprint density at radius 3 is 1.63 bits per heavy atom. The Hall–Kier alpha value is -1.50. The van der Waals surface area contributed by atoms with Gasteiger partial charge in [0.15, 0.2) is 11.5 Å². The fourth-order valence-electron chi connectivity index (χ4n) is 1.84. The highest BCUT2D eigenvalue weighted by Gasteiger charge is 2.33. The lowest BCUT2D eigenvalue weighted by Crippen LogP contribution is -2.35. The van der Waals surface area contributed by atoms with Crippen molar-refractivity contribution in [2.45, 2.75) is 5.79 Å². The molecule has 0 aliphatic carbocycles. The van der Waals surface area contributed by atoms with Crippen LogP contribution >= 0.6 is 0 Å². The van der Waals surface area contributed by atoms with Gasteiger partial charge in [-0.25, -0.2) is 0 Å². The summed E-state index contributed by atoms with van der Waals surface area (Å²) in [6, 6.07) is 3.34. The van der Waals surface area contributed by atoms with Crippen LogP contribution in [0, 0.1) is 0 Å². The first-order valence-electron chi connectivity index (χ1n) is 5.64. The predicted molar refractivity (Wildman–Crippen MR) is 68.9 cm³/mol. The van der Waals surface area contributed by atoms with Gasteiger partial charge in [-0.3, -0.25) is 0 Å². The summed E-state index contributed by atoms with van der Waals surface area (Å²) in [5, 5.41) is 9.52. The summed E-state index contributed by atoms with van der Waals surface area (Å²) in [5.41, 5.74) is 0.564.